The Balaban J connectivity index is 1.61. The Bertz CT molecular complexity index is 935. The molecule has 6 heteroatoms. The molecule has 138 valence electrons. The van der Waals surface area contributed by atoms with Crippen LogP contribution in [0.5, 0.6) is 0 Å². The molecule has 27 heavy (non-hydrogen) atoms. The molecular formula is C21H21N3O3. The van der Waals surface area contributed by atoms with Crippen LogP contribution < -0.4 is 5.32 Å². The van der Waals surface area contributed by atoms with E-state index in [1.54, 1.807) is 11.9 Å². The lowest BCUT2D eigenvalue weighted by Gasteiger charge is -2.15. The Morgan fingerprint density at radius 2 is 1.89 bits per heavy atom. The zero-order valence-corrected chi connectivity index (χ0v) is 15.3. The zero-order chi connectivity index (χ0) is 19.2. The third kappa shape index (κ3) is 5.04. The maximum absolute atomic E-state index is 12.3. The van der Waals surface area contributed by atoms with Crippen LogP contribution in [0.2, 0.25) is 0 Å². The second-order valence-electron chi connectivity index (χ2n) is 6.31. The van der Waals surface area contributed by atoms with Gasteiger partial charge in [-0.1, -0.05) is 30.3 Å². The molecule has 2 aromatic carbocycles. The molecule has 0 bridgehead atoms. The van der Waals surface area contributed by atoms with E-state index < -0.39 is 0 Å². The lowest BCUT2D eigenvalue weighted by atomic mass is 10.2. The summed E-state index contributed by atoms with van der Waals surface area (Å²) in [6, 6.07) is 17.0. The van der Waals surface area contributed by atoms with Gasteiger partial charge in [0.05, 0.1) is 12.1 Å². The van der Waals surface area contributed by atoms with Crippen molar-refractivity contribution in [3.05, 3.63) is 72.1 Å². The van der Waals surface area contributed by atoms with Crippen LogP contribution in [0.4, 0.5) is 5.69 Å². The average molecular weight is 363 g/mol. The highest BCUT2D eigenvalue weighted by Crippen LogP contribution is 2.18. The van der Waals surface area contributed by atoms with E-state index in [9.17, 15) is 9.59 Å². The quantitative estimate of drug-likeness (QED) is 0.727. The molecule has 1 N–H and O–H groups in total. The summed E-state index contributed by atoms with van der Waals surface area (Å²) in [5, 5.41) is 2.86. The Morgan fingerprint density at radius 3 is 2.63 bits per heavy atom. The van der Waals surface area contributed by atoms with Gasteiger partial charge in [-0.3, -0.25) is 9.59 Å². The van der Waals surface area contributed by atoms with Crippen molar-refractivity contribution in [2.45, 2.75) is 19.9 Å². The minimum Gasteiger partial charge on any atom is -0.444 e. The van der Waals surface area contributed by atoms with E-state index in [0.717, 1.165) is 11.1 Å². The van der Waals surface area contributed by atoms with Crippen molar-refractivity contribution in [3.8, 4) is 11.5 Å². The number of hydrogen-bond acceptors (Lipinski definition) is 4. The van der Waals surface area contributed by atoms with Gasteiger partial charge in [-0.25, -0.2) is 4.98 Å². The van der Waals surface area contributed by atoms with Crippen molar-refractivity contribution < 1.29 is 14.0 Å². The number of aromatic nitrogens is 1. The van der Waals surface area contributed by atoms with E-state index in [4.69, 9.17) is 4.42 Å². The number of anilines is 1. The monoisotopic (exact) mass is 363 g/mol. The summed E-state index contributed by atoms with van der Waals surface area (Å²) in [5.41, 5.74) is 3.06. The van der Waals surface area contributed by atoms with Gasteiger partial charge >= 0.3 is 0 Å². The normalized spacial score (nSPS) is 10.4. The van der Waals surface area contributed by atoms with E-state index in [1.165, 1.54) is 13.2 Å². The maximum Gasteiger partial charge on any atom is 0.230 e. The number of amides is 2. The van der Waals surface area contributed by atoms with Crippen molar-refractivity contribution >= 4 is 17.5 Å². The highest BCUT2D eigenvalue weighted by atomic mass is 16.3. The van der Waals surface area contributed by atoms with E-state index in [1.807, 2.05) is 54.6 Å². The molecule has 3 rings (SSSR count). The van der Waals surface area contributed by atoms with Crippen molar-refractivity contribution in [2.75, 3.05) is 12.4 Å². The highest BCUT2D eigenvalue weighted by molar-refractivity contribution is 5.92. The predicted octanol–water partition coefficient (Wildman–Crippen LogP) is 3.50. The number of hydrogen-bond donors (Lipinski definition) is 1. The summed E-state index contributed by atoms with van der Waals surface area (Å²) in [4.78, 5) is 29.7. The Kier molecular flexibility index (Phi) is 5.66. The van der Waals surface area contributed by atoms with Gasteiger partial charge in [0.1, 0.15) is 6.26 Å². The fraction of sp³-hybridized carbons (Fsp3) is 0.190. The molecule has 0 aliphatic rings. The number of oxazole rings is 1. The Morgan fingerprint density at radius 1 is 1.11 bits per heavy atom. The maximum atomic E-state index is 12.3. The lowest BCUT2D eigenvalue weighted by molar-refractivity contribution is -0.128. The number of rotatable bonds is 6. The SMILES string of the molecule is CC(=O)N(C)Cc1cccc(NC(=O)Cc2coc(-c3ccccc3)n2)c1. The van der Waals surface area contributed by atoms with Gasteiger partial charge in [-0.15, -0.1) is 0 Å². The summed E-state index contributed by atoms with van der Waals surface area (Å²) in [6.07, 6.45) is 1.62. The molecule has 0 radical (unpaired) electrons. The third-order valence-electron chi connectivity index (χ3n) is 4.08. The zero-order valence-electron chi connectivity index (χ0n) is 15.3. The molecule has 1 aromatic heterocycles. The molecule has 1 heterocycles. The van der Waals surface area contributed by atoms with Gasteiger partial charge in [0, 0.05) is 31.8 Å². The lowest BCUT2D eigenvalue weighted by Crippen LogP contribution is -2.23. The van der Waals surface area contributed by atoms with E-state index >= 15 is 0 Å². The molecular weight excluding hydrogens is 342 g/mol. The van der Waals surface area contributed by atoms with Gasteiger partial charge in [0.2, 0.25) is 17.7 Å². The van der Waals surface area contributed by atoms with Crippen LogP contribution >= 0.6 is 0 Å². The van der Waals surface area contributed by atoms with Crippen LogP contribution in [0.15, 0.2) is 65.3 Å². The summed E-state index contributed by atoms with van der Waals surface area (Å²) >= 11 is 0. The van der Waals surface area contributed by atoms with Gasteiger partial charge in [-0.2, -0.15) is 0 Å². The molecule has 0 spiro atoms. The first-order chi connectivity index (χ1) is 13.0. The number of benzene rings is 2. The van der Waals surface area contributed by atoms with Crippen LogP contribution in [-0.4, -0.2) is 28.7 Å². The minimum absolute atomic E-state index is 0.00955. The first-order valence-electron chi connectivity index (χ1n) is 8.61. The molecule has 0 aliphatic carbocycles. The van der Waals surface area contributed by atoms with Crippen LogP contribution in [0.25, 0.3) is 11.5 Å². The molecule has 0 fully saturated rings. The molecule has 2 amide bonds. The van der Waals surface area contributed by atoms with Crippen LogP contribution in [0.1, 0.15) is 18.2 Å². The average Bonchev–Trinajstić information content (AvgIpc) is 3.11. The van der Waals surface area contributed by atoms with Crippen molar-refractivity contribution in [1.82, 2.24) is 9.88 Å². The Labute approximate surface area is 157 Å². The van der Waals surface area contributed by atoms with Crippen LogP contribution in [0.3, 0.4) is 0 Å². The molecule has 0 saturated heterocycles. The van der Waals surface area contributed by atoms with Crippen LogP contribution in [0, 0.1) is 0 Å². The van der Waals surface area contributed by atoms with Crippen molar-refractivity contribution in [2.24, 2.45) is 0 Å². The van der Waals surface area contributed by atoms with Gasteiger partial charge in [0.15, 0.2) is 0 Å². The first kappa shape index (κ1) is 18.4. The number of carbonyl (C=O) groups is 2. The predicted molar refractivity (Wildman–Crippen MR) is 103 cm³/mol. The summed E-state index contributed by atoms with van der Waals surface area (Å²) < 4.78 is 5.46. The number of carbonyl (C=O) groups excluding carboxylic acids is 2. The summed E-state index contributed by atoms with van der Waals surface area (Å²) in [6.45, 7) is 2.01. The fourth-order valence-electron chi connectivity index (χ4n) is 2.60. The number of nitrogens with one attached hydrogen (secondary N) is 1. The molecule has 0 unspecified atom stereocenters. The smallest absolute Gasteiger partial charge is 0.230 e. The standard InChI is InChI=1S/C21H21N3O3/c1-15(25)24(2)13-16-7-6-10-18(11-16)22-20(26)12-19-14-27-21(23-19)17-8-4-3-5-9-17/h3-11,14H,12-13H2,1-2H3,(H,22,26). The molecule has 3 aromatic rings. The molecule has 0 aliphatic heterocycles. The van der Waals surface area contributed by atoms with Crippen molar-refractivity contribution in [3.63, 3.8) is 0 Å². The molecule has 0 saturated carbocycles. The van der Waals surface area contributed by atoms with Gasteiger partial charge < -0.3 is 14.6 Å². The summed E-state index contributed by atoms with van der Waals surface area (Å²) in [5.74, 6) is 0.303. The van der Waals surface area contributed by atoms with Crippen LogP contribution in [-0.2, 0) is 22.6 Å². The first-order valence-corrected chi connectivity index (χ1v) is 8.61. The van der Waals surface area contributed by atoms with Crippen molar-refractivity contribution in [1.29, 1.82) is 0 Å². The summed E-state index contributed by atoms with van der Waals surface area (Å²) in [7, 11) is 1.74. The third-order valence-corrected chi connectivity index (χ3v) is 4.08. The largest absolute Gasteiger partial charge is 0.444 e. The Hall–Kier alpha value is -3.41. The second kappa shape index (κ2) is 8.31. The molecule has 6 nitrogen and oxygen atoms in total. The molecule has 0 atom stereocenters. The number of nitrogens with zero attached hydrogens (tertiary/aromatic N) is 2. The van der Waals surface area contributed by atoms with E-state index in [0.29, 0.717) is 23.8 Å². The van der Waals surface area contributed by atoms with Gasteiger partial charge in [0.25, 0.3) is 0 Å². The van der Waals surface area contributed by atoms with E-state index in [2.05, 4.69) is 10.3 Å². The van der Waals surface area contributed by atoms with Gasteiger partial charge in [-0.05, 0) is 29.8 Å². The van der Waals surface area contributed by atoms with E-state index in [-0.39, 0.29) is 18.2 Å². The topological polar surface area (TPSA) is 75.4 Å². The second-order valence-corrected chi connectivity index (χ2v) is 6.31. The highest BCUT2D eigenvalue weighted by Gasteiger charge is 2.11. The fourth-order valence-corrected chi connectivity index (χ4v) is 2.60. The minimum atomic E-state index is -0.181.